The number of fused-ring (bicyclic) bond motifs is 2. The van der Waals surface area contributed by atoms with Crippen LogP contribution in [-0.2, 0) is 12.8 Å². The van der Waals surface area contributed by atoms with Gasteiger partial charge in [-0.1, -0.05) is 13.8 Å². The average Bonchev–Trinajstić information content (AvgIpc) is 3.81. The summed E-state index contributed by atoms with van der Waals surface area (Å²) < 4.78 is 37.4. The fraction of sp³-hybridized carbons (Fsp3) is 0.550. The SMILES string of the molecule is CCCCC(CC)Cc1cc(-c2c3c[c]([Sn]([CH3])([CH3])[CH3])sc3c(-c3cc(CC(CC)CCCC)c(F)s3)c3c[c]([Sn]([CH3])([CH3])[CH3])sc23)sc1F. The van der Waals surface area contributed by atoms with Crippen LogP contribution < -0.4 is 5.79 Å². The van der Waals surface area contributed by atoms with E-state index < -0.39 is 36.8 Å². The van der Waals surface area contributed by atoms with E-state index >= 15 is 8.78 Å². The molecule has 262 valence electrons. The summed E-state index contributed by atoms with van der Waals surface area (Å²) in [6, 6.07) is 9.35. The molecule has 0 amide bonds. The second-order valence-corrected chi connectivity index (χ2v) is 51.0. The molecule has 48 heavy (non-hydrogen) atoms. The van der Waals surface area contributed by atoms with E-state index in [1.165, 1.54) is 85.4 Å². The van der Waals surface area contributed by atoms with Crippen LogP contribution in [0.4, 0.5) is 8.78 Å². The third kappa shape index (κ3) is 8.61. The molecule has 0 aliphatic carbocycles. The molecule has 0 bridgehead atoms. The van der Waals surface area contributed by atoms with Crippen LogP contribution in [0.3, 0.4) is 0 Å². The molecule has 0 fully saturated rings. The van der Waals surface area contributed by atoms with Gasteiger partial charge in [0.2, 0.25) is 0 Å². The third-order valence-corrected chi connectivity index (χ3v) is 33.2. The molecule has 0 nitrogen and oxygen atoms in total. The Morgan fingerprint density at radius 3 is 1.25 bits per heavy atom. The van der Waals surface area contributed by atoms with E-state index in [2.05, 4.69) is 81.6 Å². The van der Waals surface area contributed by atoms with Gasteiger partial charge in [-0.3, -0.25) is 0 Å². The van der Waals surface area contributed by atoms with E-state index in [0.29, 0.717) is 11.8 Å². The Morgan fingerprint density at radius 2 is 0.938 bits per heavy atom. The van der Waals surface area contributed by atoms with Crippen LogP contribution in [0.1, 0.15) is 90.2 Å². The molecular weight excluding hydrogens is 884 g/mol. The molecular formula is C40H56F2S4Sn2. The van der Waals surface area contributed by atoms with Gasteiger partial charge in [-0.05, 0) is 0 Å². The first-order chi connectivity index (χ1) is 22.7. The predicted octanol–water partition coefficient (Wildman–Crippen LogP) is 14.5. The second kappa shape index (κ2) is 16.3. The van der Waals surface area contributed by atoms with Crippen molar-refractivity contribution in [3.05, 3.63) is 45.7 Å². The van der Waals surface area contributed by atoms with Crippen LogP contribution in [0.15, 0.2) is 24.3 Å². The number of rotatable bonds is 16. The third-order valence-electron chi connectivity index (χ3n) is 10.0. The molecule has 4 heterocycles. The molecule has 2 atom stereocenters. The average molecular weight is 941 g/mol. The maximum absolute atomic E-state index is 15.9. The monoisotopic (exact) mass is 942 g/mol. The van der Waals surface area contributed by atoms with Gasteiger partial charge in [0, 0.05) is 0 Å². The molecule has 0 spiro atoms. The van der Waals surface area contributed by atoms with E-state index in [1.807, 2.05) is 22.7 Å². The van der Waals surface area contributed by atoms with Crippen molar-refractivity contribution in [3.63, 3.8) is 0 Å². The first-order valence-electron chi connectivity index (χ1n) is 18.3. The molecule has 0 radical (unpaired) electrons. The van der Waals surface area contributed by atoms with Crippen molar-refractivity contribution in [2.45, 2.75) is 122 Å². The molecule has 8 heteroatoms. The van der Waals surface area contributed by atoms with E-state index in [1.54, 1.807) is 0 Å². The molecule has 0 saturated heterocycles. The normalized spacial score (nSPS) is 14.1. The molecule has 0 saturated carbocycles. The summed E-state index contributed by atoms with van der Waals surface area (Å²) >= 11 is 1.63. The summed E-state index contributed by atoms with van der Waals surface area (Å²) in [6.45, 7) is 8.98. The fourth-order valence-corrected chi connectivity index (χ4v) is 21.8. The summed E-state index contributed by atoms with van der Waals surface area (Å²) in [4.78, 5) is 17.1. The molecule has 0 aliphatic heterocycles. The van der Waals surface area contributed by atoms with Crippen molar-refractivity contribution in [2.75, 3.05) is 0 Å². The van der Waals surface area contributed by atoms with Crippen molar-refractivity contribution in [3.8, 4) is 20.9 Å². The summed E-state index contributed by atoms with van der Waals surface area (Å²) in [5.41, 5.74) is 4.24. The first kappa shape index (κ1) is 39.2. The van der Waals surface area contributed by atoms with E-state index in [9.17, 15) is 0 Å². The molecule has 4 aromatic heterocycles. The minimum absolute atomic E-state index is 0.0129. The van der Waals surface area contributed by atoms with Gasteiger partial charge in [-0.15, -0.1) is 0 Å². The Morgan fingerprint density at radius 1 is 0.562 bits per heavy atom. The van der Waals surface area contributed by atoms with E-state index in [-0.39, 0.29) is 10.3 Å². The number of thiophene rings is 4. The van der Waals surface area contributed by atoms with Gasteiger partial charge in [0.1, 0.15) is 0 Å². The molecule has 5 aromatic rings. The molecule has 0 N–H and O–H groups in total. The van der Waals surface area contributed by atoms with Gasteiger partial charge in [-0.25, -0.2) is 0 Å². The summed E-state index contributed by atoms with van der Waals surface area (Å²) in [6.07, 6.45) is 10.9. The van der Waals surface area contributed by atoms with E-state index in [4.69, 9.17) is 0 Å². The van der Waals surface area contributed by atoms with Crippen molar-refractivity contribution >= 4 is 108 Å². The molecule has 1 aromatic carbocycles. The minimum atomic E-state index is -2.49. The second-order valence-electron chi connectivity index (χ2n) is 16.0. The number of hydrogen-bond acceptors (Lipinski definition) is 4. The zero-order valence-electron chi connectivity index (χ0n) is 30.9. The van der Waals surface area contributed by atoms with Gasteiger partial charge in [0.15, 0.2) is 0 Å². The molecule has 2 unspecified atom stereocenters. The number of benzene rings is 1. The summed E-state index contributed by atoms with van der Waals surface area (Å²) in [7, 11) is 0. The van der Waals surface area contributed by atoms with Crippen LogP contribution in [-0.4, -0.2) is 36.8 Å². The van der Waals surface area contributed by atoms with E-state index in [0.717, 1.165) is 59.4 Å². The van der Waals surface area contributed by atoms with Crippen LogP contribution in [0.5, 0.6) is 0 Å². The maximum atomic E-state index is 15.9. The van der Waals surface area contributed by atoms with Gasteiger partial charge >= 0.3 is 303 Å². The van der Waals surface area contributed by atoms with Crippen molar-refractivity contribution in [1.29, 1.82) is 0 Å². The van der Waals surface area contributed by atoms with Crippen molar-refractivity contribution in [2.24, 2.45) is 11.8 Å². The Hall–Kier alpha value is -0.00260. The van der Waals surface area contributed by atoms with Crippen molar-refractivity contribution < 1.29 is 8.78 Å². The van der Waals surface area contributed by atoms with Gasteiger partial charge in [-0.2, -0.15) is 0 Å². The Labute approximate surface area is 313 Å². The number of halogens is 2. The van der Waals surface area contributed by atoms with Gasteiger partial charge < -0.3 is 0 Å². The topological polar surface area (TPSA) is 0 Å². The first-order valence-corrected chi connectivity index (χ1v) is 41.6. The Bertz CT molecular complexity index is 1660. The fourth-order valence-electron chi connectivity index (χ4n) is 6.84. The number of hydrogen-bond donors (Lipinski definition) is 0. The van der Waals surface area contributed by atoms with Gasteiger partial charge in [0.05, 0.1) is 0 Å². The zero-order chi connectivity index (χ0) is 35.0. The summed E-state index contributed by atoms with van der Waals surface area (Å²) in [5, 5.41) is 2.50. The van der Waals surface area contributed by atoms with Crippen LogP contribution in [0.25, 0.3) is 41.1 Å². The Kier molecular flexibility index (Phi) is 13.4. The summed E-state index contributed by atoms with van der Waals surface area (Å²) in [5.74, 6) is 1.04. The standard InChI is InChI=1S/C34H38F2S4.6CH3.2Sn/c1-5-9-11-21(7-3)17-23-19-27(39-33(23)35)29-25-13-15-38-32(25)30(26-14-16-37-31(26)29)28-20-24(34(36)40-28)18-22(8-4)12-10-6-2;;;;;;;;/h13-14,19-22H,5-12,17-18H2,1-4H3;6*1H3;;. The van der Waals surface area contributed by atoms with Crippen LogP contribution in [0.2, 0.25) is 29.6 Å². The molecule has 0 aliphatic rings. The quantitative estimate of drug-likeness (QED) is 0.0865. The molecule has 5 rings (SSSR count). The van der Waals surface area contributed by atoms with Gasteiger partial charge in [0.25, 0.3) is 0 Å². The predicted molar refractivity (Wildman–Crippen MR) is 224 cm³/mol. The zero-order valence-corrected chi connectivity index (χ0v) is 39.9. The number of unbranched alkanes of at least 4 members (excludes halogenated alkanes) is 2. The van der Waals surface area contributed by atoms with Crippen LogP contribution in [0, 0.1) is 22.1 Å². The Balaban J connectivity index is 1.76. The van der Waals surface area contributed by atoms with Crippen molar-refractivity contribution in [1.82, 2.24) is 0 Å². The van der Waals surface area contributed by atoms with Crippen LogP contribution >= 0.6 is 45.3 Å².